The molecule has 0 radical (unpaired) electrons. The van der Waals surface area contributed by atoms with Crippen molar-refractivity contribution in [1.82, 2.24) is 5.32 Å². The molecule has 1 aliphatic carbocycles. The average molecular weight is 608 g/mol. The van der Waals surface area contributed by atoms with Crippen LogP contribution in [0.25, 0.3) is 0 Å². The Morgan fingerprint density at radius 2 is 1.91 bits per heavy atom. The molecule has 0 spiro atoms. The van der Waals surface area contributed by atoms with Crippen LogP contribution in [0.1, 0.15) is 77.8 Å². The number of carbonyl (C=O) groups excluding carboxylic acids is 1. The van der Waals surface area contributed by atoms with Crippen LogP contribution in [-0.2, 0) is 21.1 Å². The van der Waals surface area contributed by atoms with Gasteiger partial charge in [-0.15, -0.1) is 0 Å². The first-order valence-corrected chi connectivity index (χ1v) is 15.2. The zero-order chi connectivity index (χ0) is 31.4. The molecule has 2 aliphatic rings. The van der Waals surface area contributed by atoms with Gasteiger partial charge in [-0.05, 0) is 85.7 Å². The molecule has 1 saturated heterocycles. The van der Waals surface area contributed by atoms with E-state index >= 15 is 0 Å². The first-order chi connectivity index (χ1) is 20.2. The summed E-state index contributed by atoms with van der Waals surface area (Å²) in [6, 6.07) is 7.95. The third-order valence-electron chi connectivity index (χ3n) is 8.65. The highest BCUT2D eigenvalue weighted by molar-refractivity contribution is 6.00. The van der Waals surface area contributed by atoms with Gasteiger partial charge in [-0.25, -0.2) is 4.39 Å². The van der Waals surface area contributed by atoms with Crippen molar-refractivity contribution in [1.29, 1.82) is 0 Å². The largest absolute Gasteiger partial charge is 0.491 e. The van der Waals surface area contributed by atoms with Gasteiger partial charge in [0.25, 0.3) is 0 Å². The van der Waals surface area contributed by atoms with Crippen LogP contribution in [0.3, 0.4) is 0 Å². The number of alkyl halides is 3. The molecule has 0 bridgehead atoms. The van der Waals surface area contributed by atoms with E-state index in [0.717, 1.165) is 44.4 Å². The number of ether oxygens (including phenoxy) is 2. The topological polar surface area (TPSA) is 71.6 Å². The lowest BCUT2D eigenvalue weighted by Gasteiger charge is -2.48. The van der Waals surface area contributed by atoms with Crippen LogP contribution in [0.5, 0.6) is 5.75 Å². The van der Waals surface area contributed by atoms with E-state index in [1.807, 2.05) is 6.92 Å². The number of anilines is 2. The molecule has 1 heterocycles. The molecule has 4 rings (SSSR count). The van der Waals surface area contributed by atoms with Crippen LogP contribution in [0.2, 0.25) is 0 Å². The van der Waals surface area contributed by atoms with E-state index in [2.05, 4.69) is 43.6 Å². The summed E-state index contributed by atoms with van der Waals surface area (Å²) in [5.74, 6) is -0.590. The average Bonchev–Trinajstić information content (AvgIpc) is 3.45. The minimum Gasteiger partial charge on any atom is -0.491 e. The molecule has 3 atom stereocenters. The first-order valence-electron chi connectivity index (χ1n) is 15.2. The normalized spacial score (nSPS) is 23.8. The Balaban J connectivity index is 1.68. The molecule has 1 amide bonds. The van der Waals surface area contributed by atoms with Gasteiger partial charge in [0.15, 0.2) is 0 Å². The van der Waals surface area contributed by atoms with E-state index < -0.39 is 28.9 Å². The van der Waals surface area contributed by atoms with Crippen LogP contribution in [0, 0.1) is 23.1 Å². The number of carbonyl (C=O) groups is 1. The lowest BCUT2D eigenvalue weighted by atomic mass is 9.55. The number of benzene rings is 2. The highest BCUT2D eigenvalue weighted by Crippen LogP contribution is 2.52. The van der Waals surface area contributed by atoms with E-state index in [1.54, 1.807) is 12.1 Å². The second kappa shape index (κ2) is 13.4. The van der Waals surface area contributed by atoms with Gasteiger partial charge in [-0.1, -0.05) is 40.7 Å². The van der Waals surface area contributed by atoms with E-state index in [4.69, 9.17) is 9.47 Å². The Hall–Kier alpha value is -2.85. The highest BCUT2D eigenvalue weighted by atomic mass is 19.4. The van der Waals surface area contributed by atoms with Crippen molar-refractivity contribution in [2.75, 3.05) is 37.1 Å². The molecule has 3 unspecified atom stereocenters. The summed E-state index contributed by atoms with van der Waals surface area (Å²) in [5, 5.41) is 9.14. The fourth-order valence-electron chi connectivity index (χ4n) is 6.28. The SMILES string of the molecule is CC(C)CNCNc1cc(C2(C(=O)Nc3cc(OCC4CCCO4)cc(C(F)(F)F)c3)CC(C)(C)CCC2C)ccc1F. The monoisotopic (exact) mass is 607 g/mol. The third kappa shape index (κ3) is 8.20. The molecule has 43 heavy (non-hydrogen) atoms. The Kier molecular flexibility index (Phi) is 10.3. The summed E-state index contributed by atoms with van der Waals surface area (Å²) in [6.07, 6.45) is -1.09. The van der Waals surface area contributed by atoms with Crippen molar-refractivity contribution in [2.24, 2.45) is 17.3 Å². The van der Waals surface area contributed by atoms with Crippen molar-refractivity contribution in [3.05, 3.63) is 53.3 Å². The van der Waals surface area contributed by atoms with E-state index in [-0.39, 0.29) is 41.2 Å². The molecule has 2 aromatic carbocycles. The molecular weight excluding hydrogens is 562 g/mol. The molecule has 0 aromatic heterocycles. The Morgan fingerprint density at radius 3 is 2.58 bits per heavy atom. The van der Waals surface area contributed by atoms with Gasteiger partial charge in [0.05, 0.1) is 29.4 Å². The van der Waals surface area contributed by atoms with Gasteiger partial charge in [0.1, 0.15) is 18.2 Å². The predicted octanol–water partition coefficient (Wildman–Crippen LogP) is 7.74. The van der Waals surface area contributed by atoms with E-state index in [0.29, 0.717) is 31.2 Å². The predicted molar refractivity (Wildman–Crippen MR) is 161 cm³/mol. The zero-order valence-electron chi connectivity index (χ0n) is 25.8. The first kappa shape index (κ1) is 33.1. The summed E-state index contributed by atoms with van der Waals surface area (Å²) >= 11 is 0. The van der Waals surface area contributed by atoms with Crippen LogP contribution < -0.4 is 20.7 Å². The van der Waals surface area contributed by atoms with Crippen LogP contribution >= 0.6 is 0 Å². The molecule has 2 aromatic rings. The van der Waals surface area contributed by atoms with Crippen LogP contribution in [-0.4, -0.2) is 38.4 Å². The van der Waals surface area contributed by atoms with Gasteiger partial charge < -0.3 is 20.1 Å². The van der Waals surface area contributed by atoms with E-state index in [9.17, 15) is 22.4 Å². The van der Waals surface area contributed by atoms with Gasteiger partial charge >= 0.3 is 6.18 Å². The van der Waals surface area contributed by atoms with Crippen molar-refractivity contribution in [3.8, 4) is 5.75 Å². The van der Waals surface area contributed by atoms with Gasteiger partial charge in [0.2, 0.25) is 5.91 Å². The van der Waals surface area contributed by atoms with Gasteiger partial charge in [0, 0.05) is 18.4 Å². The van der Waals surface area contributed by atoms with Crippen molar-refractivity contribution < 1.29 is 31.8 Å². The highest BCUT2D eigenvalue weighted by Gasteiger charge is 2.51. The second-order valence-corrected chi connectivity index (χ2v) is 13.3. The summed E-state index contributed by atoms with van der Waals surface area (Å²) in [7, 11) is 0. The fourth-order valence-corrected chi connectivity index (χ4v) is 6.28. The number of halogens is 4. The molecule has 10 heteroatoms. The summed E-state index contributed by atoms with van der Waals surface area (Å²) < 4.78 is 67.9. The molecule has 1 aliphatic heterocycles. The molecule has 2 fully saturated rings. The van der Waals surface area contributed by atoms with Crippen molar-refractivity contribution in [3.63, 3.8) is 0 Å². The Bertz CT molecular complexity index is 1260. The third-order valence-corrected chi connectivity index (χ3v) is 8.65. The summed E-state index contributed by atoms with van der Waals surface area (Å²) in [6.45, 7) is 12.1. The minimum atomic E-state index is -4.64. The Labute approximate surface area is 252 Å². The van der Waals surface area contributed by atoms with E-state index in [1.165, 1.54) is 12.1 Å². The van der Waals surface area contributed by atoms with Gasteiger partial charge in [-0.2, -0.15) is 13.2 Å². The quantitative estimate of drug-likeness (QED) is 0.139. The fraction of sp³-hybridized carbons (Fsp3) is 0.606. The number of hydrogen-bond donors (Lipinski definition) is 3. The Morgan fingerprint density at radius 1 is 1.14 bits per heavy atom. The second-order valence-electron chi connectivity index (χ2n) is 13.3. The maximum atomic E-state index is 14.9. The molecular formula is C33H45F4N3O3. The van der Waals surface area contributed by atoms with Crippen molar-refractivity contribution >= 4 is 17.3 Å². The maximum Gasteiger partial charge on any atom is 0.416 e. The smallest absolute Gasteiger partial charge is 0.416 e. The molecule has 3 N–H and O–H groups in total. The summed E-state index contributed by atoms with van der Waals surface area (Å²) in [5.41, 5.74) is -1.37. The standard InChI is InChI=1S/C33H45F4N3O3/c1-21(2)17-38-20-39-29-15-23(8-9-28(29)34)32(19-31(4,5)11-10-22(32)3)30(41)40-25-13-24(33(35,36)37)14-27(16-25)43-18-26-7-6-12-42-26/h8-9,13-16,21-22,26,38-39H,6-7,10-12,17-20H2,1-5H3,(H,40,41). The van der Waals surface area contributed by atoms with Crippen LogP contribution in [0.15, 0.2) is 36.4 Å². The number of rotatable bonds is 11. The van der Waals surface area contributed by atoms with Crippen molar-refractivity contribution in [2.45, 2.75) is 84.4 Å². The number of hydrogen-bond acceptors (Lipinski definition) is 5. The lowest BCUT2D eigenvalue weighted by molar-refractivity contribution is -0.137. The molecule has 238 valence electrons. The zero-order valence-corrected chi connectivity index (χ0v) is 25.8. The van der Waals surface area contributed by atoms with Crippen LogP contribution in [0.4, 0.5) is 28.9 Å². The maximum absolute atomic E-state index is 14.9. The number of nitrogens with one attached hydrogen (secondary N) is 3. The lowest BCUT2D eigenvalue weighted by Crippen LogP contribution is -2.51. The minimum absolute atomic E-state index is 0.00420. The molecule has 6 nitrogen and oxygen atoms in total. The molecule has 1 saturated carbocycles. The summed E-state index contributed by atoms with van der Waals surface area (Å²) in [4.78, 5) is 14.4. The van der Waals surface area contributed by atoms with Gasteiger partial charge in [-0.3, -0.25) is 10.1 Å². The number of amides is 1.